The van der Waals surface area contributed by atoms with Crippen molar-refractivity contribution in [2.75, 3.05) is 55.4 Å². The minimum atomic E-state index is -2.33. The molecule has 5 nitrogen and oxygen atoms in total. The van der Waals surface area contributed by atoms with E-state index in [-0.39, 0.29) is 0 Å². The van der Waals surface area contributed by atoms with Gasteiger partial charge in [0.2, 0.25) is 0 Å². The Kier molecular flexibility index (Phi) is 7.14. The Morgan fingerprint density at radius 2 is 0.735 bits per heavy atom. The molecule has 0 saturated heterocycles. The van der Waals surface area contributed by atoms with E-state index in [9.17, 15) is 0 Å². The fourth-order valence-electron chi connectivity index (χ4n) is 11.0. The highest BCUT2D eigenvalue weighted by Gasteiger charge is 2.54. The zero-order valence-corrected chi connectivity index (χ0v) is 23.0. The molecule has 8 aliphatic carbocycles. The van der Waals surface area contributed by atoms with E-state index < -0.39 is 6.16 Å². The Balaban J connectivity index is 0.000000140. The van der Waals surface area contributed by atoms with Crippen LogP contribution in [0.3, 0.4) is 0 Å². The number of carboxylic acid groups (broad SMARTS) is 2. The maximum atomic E-state index is 8.33. The highest BCUT2D eigenvalue weighted by atomic mass is 16.6. The van der Waals surface area contributed by atoms with Crippen molar-refractivity contribution in [1.29, 1.82) is 0 Å². The molecule has 196 valence electrons. The van der Waals surface area contributed by atoms with Gasteiger partial charge in [-0.05, 0) is 119 Å². The smallest absolute Gasteiger partial charge is 0.0837 e. The quantitative estimate of drug-likeness (QED) is 0.585. The second kappa shape index (κ2) is 9.25. The Morgan fingerprint density at radius 3 is 0.882 bits per heavy atom. The molecule has 8 saturated carbocycles. The zero-order valence-electron chi connectivity index (χ0n) is 23.0. The molecule has 5 heteroatoms. The van der Waals surface area contributed by atoms with Crippen molar-refractivity contribution in [1.82, 2.24) is 0 Å². The minimum Gasteiger partial charge on any atom is -0.652 e. The number of nitrogens with zero attached hydrogens (tertiary/aromatic N) is 2. The predicted octanol–water partition coefficient (Wildman–Crippen LogP) is 3.37. The number of rotatable bonds is 4. The lowest BCUT2D eigenvalue weighted by Crippen LogP contribution is -2.54. The molecular formula is C29H52N2O3. The van der Waals surface area contributed by atoms with Gasteiger partial charge in [-0.25, -0.2) is 0 Å². The van der Waals surface area contributed by atoms with Crippen molar-refractivity contribution in [2.24, 2.45) is 46.3 Å². The van der Waals surface area contributed by atoms with Crippen LogP contribution in [0.25, 0.3) is 0 Å². The van der Waals surface area contributed by atoms with E-state index in [1.54, 1.807) is 77.0 Å². The number of hydrogen-bond donors (Lipinski definition) is 0. The van der Waals surface area contributed by atoms with Crippen LogP contribution in [0, 0.1) is 46.3 Å². The first-order chi connectivity index (χ1) is 15.6. The molecule has 0 unspecified atom stereocenters. The molecule has 8 rings (SSSR count). The minimum absolute atomic E-state index is 0.757. The van der Waals surface area contributed by atoms with Crippen LogP contribution in [-0.2, 0) is 0 Å². The lowest BCUT2D eigenvalue weighted by molar-refractivity contribution is -0.878. The average molecular weight is 477 g/mol. The highest BCUT2D eigenvalue weighted by molar-refractivity contribution is 5.47. The SMILES string of the molecule is C[N+](C)(C)CC12CC3CC(CC(C3)C1)C2.C[N+](C)(C)CC12CC3CC(CC(C3)C1)C2.O=C([O-])[O-]. The lowest BCUT2D eigenvalue weighted by atomic mass is 9.49. The number of carbonyl (C=O) groups excluding carboxylic acids is 1. The van der Waals surface area contributed by atoms with E-state index in [2.05, 4.69) is 42.3 Å². The molecule has 0 aromatic carbocycles. The summed E-state index contributed by atoms with van der Waals surface area (Å²) in [7, 11) is 14.2. The number of hydrogen-bond acceptors (Lipinski definition) is 3. The van der Waals surface area contributed by atoms with Crippen molar-refractivity contribution < 1.29 is 24.0 Å². The van der Waals surface area contributed by atoms with Gasteiger partial charge in [0.1, 0.15) is 0 Å². The average Bonchev–Trinajstić information content (AvgIpc) is 2.54. The van der Waals surface area contributed by atoms with Gasteiger partial charge in [-0.3, -0.25) is 0 Å². The van der Waals surface area contributed by atoms with Gasteiger partial charge in [-0.2, -0.15) is 0 Å². The van der Waals surface area contributed by atoms with Crippen molar-refractivity contribution in [2.45, 2.75) is 77.0 Å². The summed E-state index contributed by atoms with van der Waals surface area (Å²) in [4.78, 5) is 8.33. The Labute approximate surface area is 209 Å². The van der Waals surface area contributed by atoms with E-state index >= 15 is 0 Å². The summed E-state index contributed by atoms with van der Waals surface area (Å²) in [5.41, 5.74) is 1.51. The fraction of sp³-hybridized carbons (Fsp3) is 0.966. The van der Waals surface area contributed by atoms with E-state index in [1.165, 1.54) is 22.1 Å². The second-order valence-electron chi connectivity index (χ2n) is 16.0. The maximum absolute atomic E-state index is 8.33. The van der Waals surface area contributed by atoms with Gasteiger partial charge in [0.15, 0.2) is 0 Å². The van der Waals surface area contributed by atoms with Crippen molar-refractivity contribution >= 4 is 6.16 Å². The van der Waals surface area contributed by atoms with E-state index in [1.807, 2.05) is 0 Å². The normalized spacial score (nSPS) is 43.6. The van der Waals surface area contributed by atoms with Gasteiger partial charge in [0.25, 0.3) is 0 Å². The topological polar surface area (TPSA) is 63.2 Å². The number of carbonyl (C=O) groups is 1. The van der Waals surface area contributed by atoms with Crippen LogP contribution in [0.1, 0.15) is 77.0 Å². The summed E-state index contributed by atoms with van der Waals surface area (Å²) in [5.74, 6) is 6.68. The third kappa shape index (κ3) is 6.69. The molecular weight excluding hydrogens is 424 g/mol. The van der Waals surface area contributed by atoms with Gasteiger partial charge in [-0.1, -0.05) is 0 Å². The summed E-state index contributed by atoms with van der Waals surface area (Å²) in [6.07, 6.45) is 16.5. The molecule has 0 aromatic heterocycles. The van der Waals surface area contributed by atoms with Gasteiger partial charge < -0.3 is 24.0 Å². The van der Waals surface area contributed by atoms with Crippen LogP contribution < -0.4 is 10.2 Å². The van der Waals surface area contributed by atoms with Gasteiger partial charge in [0.05, 0.1) is 55.4 Å². The largest absolute Gasteiger partial charge is 0.652 e. The molecule has 34 heavy (non-hydrogen) atoms. The predicted molar refractivity (Wildman–Crippen MR) is 132 cm³/mol. The molecule has 0 amide bonds. The molecule has 0 aliphatic heterocycles. The third-order valence-corrected chi connectivity index (χ3v) is 9.95. The monoisotopic (exact) mass is 476 g/mol. The van der Waals surface area contributed by atoms with Gasteiger partial charge >= 0.3 is 0 Å². The van der Waals surface area contributed by atoms with Crippen LogP contribution in [0.4, 0.5) is 4.79 Å². The van der Waals surface area contributed by atoms with Crippen molar-refractivity contribution in [3.63, 3.8) is 0 Å². The molecule has 0 aromatic rings. The van der Waals surface area contributed by atoms with Crippen LogP contribution in [0.2, 0.25) is 0 Å². The third-order valence-electron chi connectivity index (χ3n) is 9.95. The second-order valence-corrected chi connectivity index (χ2v) is 16.0. The van der Waals surface area contributed by atoms with Crippen LogP contribution >= 0.6 is 0 Å². The Morgan fingerprint density at radius 1 is 0.559 bits per heavy atom. The maximum Gasteiger partial charge on any atom is 0.0837 e. The first-order valence-corrected chi connectivity index (χ1v) is 14.1. The zero-order chi connectivity index (χ0) is 24.9. The van der Waals surface area contributed by atoms with E-state index in [4.69, 9.17) is 15.0 Å². The van der Waals surface area contributed by atoms with Crippen molar-refractivity contribution in [3.05, 3.63) is 0 Å². The summed E-state index contributed by atoms with van der Waals surface area (Å²) >= 11 is 0. The molecule has 0 N–H and O–H groups in total. The van der Waals surface area contributed by atoms with Crippen LogP contribution in [0.15, 0.2) is 0 Å². The molecule has 0 atom stereocenters. The molecule has 8 bridgehead atoms. The Hall–Kier alpha value is -0.810. The van der Waals surface area contributed by atoms with Crippen LogP contribution in [-0.4, -0.2) is 70.5 Å². The Bertz CT molecular complexity index is 602. The summed E-state index contributed by atoms with van der Waals surface area (Å²) < 4.78 is 2.35. The summed E-state index contributed by atoms with van der Waals surface area (Å²) in [6.45, 7) is 2.85. The molecule has 0 radical (unpaired) electrons. The first kappa shape index (κ1) is 26.3. The molecule has 0 heterocycles. The number of quaternary nitrogens is 2. The van der Waals surface area contributed by atoms with Gasteiger partial charge in [-0.15, -0.1) is 0 Å². The summed E-state index contributed by atoms with van der Waals surface area (Å²) in [5, 5.41) is 16.7. The van der Waals surface area contributed by atoms with E-state index in [0.29, 0.717) is 0 Å². The fourth-order valence-corrected chi connectivity index (χ4v) is 11.0. The lowest BCUT2D eigenvalue weighted by Gasteiger charge is -2.57. The molecule has 0 spiro atoms. The molecule has 8 fully saturated rings. The highest BCUT2D eigenvalue weighted by Crippen LogP contribution is 2.61. The first-order valence-electron chi connectivity index (χ1n) is 14.1. The van der Waals surface area contributed by atoms with E-state index in [0.717, 1.165) is 46.3 Å². The molecule has 8 aliphatic rings. The van der Waals surface area contributed by atoms with Gasteiger partial charge in [0, 0.05) is 10.8 Å². The van der Waals surface area contributed by atoms with Crippen molar-refractivity contribution in [3.8, 4) is 0 Å². The van der Waals surface area contributed by atoms with Crippen LogP contribution in [0.5, 0.6) is 0 Å². The summed E-state index contributed by atoms with van der Waals surface area (Å²) in [6, 6.07) is 0. The standard InChI is InChI=1S/2C14H26N.CH2O3/c2*1-15(2,3)10-14-7-11-4-12(8-14)6-13(5-11)9-14;2-1(3)4/h2*11-13H,4-10H2,1-3H3;(H2,2,3,4)/q2*+1;/p-2.